The molecule has 0 amide bonds. The number of H-pyrrole nitrogens is 1. The molecule has 0 aliphatic carbocycles. The van der Waals surface area contributed by atoms with Gasteiger partial charge in [0.1, 0.15) is 17.2 Å². The van der Waals surface area contributed by atoms with E-state index in [0.717, 1.165) is 10.8 Å². The van der Waals surface area contributed by atoms with Crippen LogP contribution in [0, 0.1) is 0 Å². The van der Waals surface area contributed by atoms with Gasteiger partial charge in [-0.3, -0.25) is 9.56 Å². The Morgan fingerprint density at radius 2 is 1.92 bits per heavy atom. The molecule has 0 unspecified atom stereocenters. The number of phenols is 2. The van der Waals surface area contributed by atoms with Crippen LogP contribution in [0.4, 0.5) is 5.69 Å². The highest BCUT2D eigenvalue weighted by molar-refractivity contribution is 6.03. The number of nitrogens with one attached hydrogen (secondary N) is 1. The number of hydrogen-bond donors (Lipinski definition) is 3. The monoisotopic (exact) mass is 347 g/mol. The maximum absolute atomic E-state index is 11.9. The van der Waals surface area contributed by atoms with E-state index in [1.54, 1.807) is 16.7 Å². The van der Waals surface area contributed by atoms with Gasteiger partial charge in [-0.05, 0) is 29.8 Å². The summed E-state index contributed by atoms with van der Waals surface area (Å²) in [6.07, 6.45) is 1.52. The molecule has 6 heteroatoms. The van der Waals surface area contributed by atoms with E-state index in [4.69, 9.17) is 0 Å². The van der Waals surface area contributed by atoms with Crippen LogP contribution in [0.1, 0.15) is 12.5 Å². The number of aromatic hydroxyl groups is 2. The Bertz CT molecular complexity index is 1220. The molecule has 0 fully saturated rings. The van der Waals surface area contributed by atoms with Gasteiger partial charge >= 0.3 is 5.69 Å². The first kappa shape index (κ1) is 16.0. The fourth-order valence-electron chi connectivity index (χ4n) is 3.15. The van der Waals surface area contributed by atoms with E-state index in [2.05, 4.69) is 9.98 Å². The van der Waals surface area contributed by atoms with Crippen LogP contribution < -0.4 is 5.69 Å². The largest absolute Gasteiger partial charge is 0.507 e. The number of hydrogen-bond acceptors (Lipinski definition) is 4. The number of fused-ring (bicyclic) bond motifs is 2. The summed E-state index contributed by atoms with van der Waals surface area (Å²) in [5.41, 5.74) is 1.89. The van der Waals surface area contributed by atoms with Crippen LogP contribution in [-0.4, -0.2) is 26.0 Å². The summed E-state index contributed by atoms with van der Waals surface area (Å²) in [6, 6.07) is 14.3. The Kier molecular flexibility index (Phi) is 3.73. The van der Waals surface area contributed by atoms with Gasteiger partial charge in [0.25, 0.3) is 0 Å². The normalized spacial score (nSPS) is 11.7. The van der Waals surface area contributed by atoms with Crippen LogP contribution in [0.25, 0.3) is 21.8 Å². The maximum Gasteiger partial charge on any atom is 0.326 e. The summed E-state index contributed by atoms with van der Waals surface area (Å²) in [6.45, 7) is 2.37. The lowest BCUT2D eigenvalue weighted by Crippen LogP contribution is -2.14. The minimum absolute atomic E-state index is 0.0327. The molecule has 0 spiro atoms. The highest BCUT2D eigenvalue weighted by Crippen LogP contribution is 2.32. The second-order valence-corrected chi connectivity index (χ2v) is 6.01. The van der Waals surface area contributed by atoms with Gasteiger partial charge in [0.05, 0.1) is 11.0 Å². The smallest absolute Gasteiger partial charge is 0.326 e. The van der Waals surface area contributed by atoms with Crippen molar-refractivity contribution in [1.82, 2.24) is 9.55 Å². The van der Waals surface area contributed by atoms with Crippen LogP contribution >= 0.6 is 0 Å². The number of rotatable bonds is 3. The van der Waals surface area contributed by atoms with Crippen LogP contribution in [0.3, 0.4) is 0 Å². The number of aliphatic imine (C=N–C) groups is 1. The fourth-order valence-corrected chi connectivity index (χ4v) is 3.15. The lowest BCUT2D eigenvalue weighted by Gasteiger charge is -2.05. The molecule has 1 aromatic heterocycles. The van der Waals surface area contributed by atoms with Gasteiger partial charge in [-0.25, -0.2) is 4.79 Å². The number of phenolic OH excluding ortho intramolecular Hbond substituents is 2. The van der Waals surface area contributed by atoms with Crippen molar-refractivity contribution in [3.63, 3.8) is 0 Å². The summed E-state index contributed by atoms with van der Waals surface area (Å²) in [7, 11) is 0. The van der Waals surface area contributed by atoms with E-state index in [9.17, 15) is 15.0 Å². The molecule has 3 N–H and O–H groups in total. The molecule has 0 bridgehead atoms. The van der Waals surface area contributed by atoms with Gasteiger partial charge in [-0.2, -0.15) is 0 Å². The quantitative estimate of drug-likeness (QED) is 0.494. The van der Waals surface area contributed by atoms with Gasteiger partial charge in [0, 0.05) is 24.4 Å². The highest BCUT2D eigenvalue weighted by atomic mass is 16.3. The molecule has 0 aliphatic rings. The Balaban J connectivity index is 1.84. The summed E-state index contributed by atoms with van der Waals surface area (Å²) in [5.74, 6) is 0.0771. The molecule has 1 heterocycles. The predicted molar refractivity (Wildman–Crippen MR) is 103 cm³/mol. The van der Waals surface area contributed by atoms with Crippen LogP contribution in [0.5, 0.6) is 11.5 Å². The molecule has 3 aromatic carbocycles. The first-order chi connectivity index (χ1) is 12.6. The minimum atomic E-state index is -0.227. The Morgan fingerprint density at radius 3 is 2.73 bits per heavy atom. The molecular formula is C20H17N3O3. The van der Waals surface area contributed by atoms with Gasteiger partial charge in [0.15, 0.2) is 0 Å². The van der Waals surface area contributed by atoms with Crippen molar-refractivity contribution in [2.24, 2.45) is 4.99 Å². The highest BCUT2D eigenvalue weighted by Gasteiger charge is 2.10. The molecule has 0 saturated heterocycles. The second-order valence-electron chi connectivity index (χ2n) is 6.01. The van der Waals surface area contributed by atoms with Crippen molar-refractivity contribution in [2.75, 3.05) is 0 Å². The van der Waals surface area contributed by atoms with Gasteiger partial charge in [0.2, 0.25) is 0 Å². The average Bonchev–Trinajstić information content (AvgIpc) is 2.94. The zero-order valence-corrected chi connectivity index (χ0v) is 14.1. The molecule has 130 valence electrons. The lowest BCUT2D eigenvalue weighted by atomic mass is 10.0. The van der Waals surface area contributed by atoms with E-state index in [1.165, 1.54) is 12.3 Å². The lowest BCUT2D eigenvalue weighted by molar-refractivity contribution is 0.474. The number of benzene rings is 3. The molecule has 0 saturated carbocycles. The Hall–Kier alpha value is -3.54. The van der Waals surface area contributed by atoms with E-state index in [1.807, 2.05) is 37.3 Å². The summed E-state index contributed by atoms with van der Waals surface area (Å²) in [5, 5.41) is 22.3. The SMILES string of the molecule is CCn1c(=O)[nH]c2cc(N=Cc3c(O)ccc4ccccc34)c(O)cc21. The van der Waals surface area contributed by atoms with Crippen molar-refractivity contribution in [3.05, 3.63) is 64.6 Å². The number of aromatic amines is 1. The average molecular weight is 347 g/mol. The third-order valence-electron chi connectivity index (χ3n) is 4.47. The van der Waals surface area contributed by atoms with Crippen molar-refractivity contribution >= 4 is 33.7 Å². The predicted octanol–water partition coefficient (Wildman–Crippen LogP) is 3.66. The molecular weight excluding hydrogens is 330 g/mol. The van der Waals surface area contributed by atoms with E-state index < -0.39 is 0 Å². The van der Waals surface area contributed by atoms with E-state index in [0.29, 0.717) is 28.8 Å². The van der Waals surface area contributed by atoms with E-state index >= 15 is 0 Å². The fraction of sp³-hybridized carbons (Fsp3) is 0.100. The molecule has 4 rings (SSSR count). The molecule has 0 aliphatic heterocycles. The van der Waals surface area contributed by atoms with Gasteiger partial charge in [-0.15, -0.1) is 0 Å². The zero-order chi connectivity index (χ0) is 18.3. The molecule has 0 radical (unpaired) electrons. The Morgan fingerprint density at radius 1 is 1.12 bits per heavy atom. The molecule has 0 atom stereocenters. The van der Waals surface area contributed by atoms with E-state index in [-0.39, 0.29) is 17.2 Å². The van der Waals surface area contributed by atoms with Crippen LogP contribution in [-0.2, 0) is 6.54 Å². The molecule has 4 aromatic rings. The Labute approximate surface area is 148 Å². The minimum Gasteiger partial charge on any atom is -0.507 e. The first-order valence-electron chi connectivity index (χ1n) is 8.29. The van der Waals surface area contributed by atoms with Crippen molar-refractivity contribution in [3.8, 4) is 11.5 Å². The standard InChI is InChI=1S/C20H17N3O3/c1-2-23-17-10-19(25)16(9-15(17)22-20(23)26)21-11-14-13-6-4-3-5-12(13)7-8-18(14)24/h3-11,24-25H,2H2,1H3,(H,22,26). The van der Waals surface area contributed by atoms with Crippen molar-refractivity contribution in [2.45, 2.75) is 13.5 Å². The van der Waals surface area contributed by atoms with Crippen molar-refractivity contribution in [1.29, 1.82) is 0 Å². The molecule has 6 nitrogen and oxygen atoms in total. The third-order valence-corrected chi connectivity index (χ3v) is 4.47. The van der Waals surface area contributed by atoms with Crippen molar-refractivity contribution < 1.29 is 10.2 Å². The van der Waals surface area contributed by atoms with Gasteiger partial charge < -0.3 is 15.2 Å². The topological polar surface area (TPSA) is 90.6 Å². The number of imidazole rings is 1. The summed E-state index contributed by atoms with van der Waals surface area (Å²) in [4.78, 5) is 19.0. The van der Waals surface area contributed by atoms with Crippen LogP contribution in [0.15, 0.2) is 58.3 Å². The number of nitrogens with zero attached hydrogens (tertiary/aromatic N) is 2. The first-order valence-corrected chi connectivity index (χ1v) is 8.29. The number of aryl methyl sites for hydroxylation is 1. The third kappa shape index (κ3) is 2.52. The van der Waals surface area contributed by atoms with Crippen LogP contribution in [0.2, 0.25) is 0 Å². The second kappa shape index (κ2) is 6.07. The summed E-state index contributed by atoms with van der Waals surface area (Å²) >= 11 is 0. The zero-order valence-electron chi connectivity index (χ0n) is 14.1. The summed E-state index contributed by atoms with van der Waals surface area (Å²) < 4.78 is 1.54. The van der Waals surface area contributed by atoms with Gasteiger partial charge in [-0.1, -0.05) is 30.3 Å². The number of aromatic nitrogens is 2. The molecule has 26 heavy (non-hydrogen) atoms. The maximum atomic E-state index is 11.9.